The molecule has 0 radical (unpaired) electrons. The highest BCUT2D eigenvalue weighted by molar-refractivity contribution is 5.72. The summed E-state index contributed by atoms with van der Waals surface area (Å²) in [6, 6.07) is 22.7. The molecule has 1 amide bonds. The maximum Gasteiger partial charge on any atom is 0.539 e. The molecule has 1 N–H and O–H groups in total. The number of para-hydroxylation sites is 2. The van der Waals surface area contributed by atoms with Gasteiger partial charge in [-0.1, -0.05) is 72.6 Å². The molecule has 3 aromatic carbocycles. The van der Waals surface area contributed by atoms with Crippen LogP contribution in [-0.2, 0) is 29.1 Å². The minimum Gasteiger partial charge on any atom is -0.408 e. The lowest BCUT2D eigenvalue weighted by molar-refractivity contribution is -0.0931. The number of hydrogen-bond donors (Lipinski definition) is 1. The van der Waals surface area contributed by atoms with Gasteiger partial charge < -0.3 is 14.2 Å². The van der Waals surface area contributed by atoms with Gasteiger partial charge in [0.15, 0.2) is 0 Å². The molecular formula is C33H35N3O8. The molecule has 44 heavy (non-hydrogen) atoms. The standard InChI is InChI=1S/C33H35N3O8/c1-4-28-29(21-25-19-23(2)18-24(3)20-25)35(31(38)34-30(28)37)22-41-17-11-16-36(32(39)42-26-12-7-5-8-13-26)44-33(40)43-27-14-9-6-10-15-27/h5-10,12-15,18-20H,4,11,16-17,21-22H2,1-3H3,(H,34,37,38). The average Bonchev–Trinajstić information content (AvgIpc) is 2.98. The third-order valence-electron chi connectivity index (χ3n) is 6.57. The fourth-order valence-corrected chi connectivity index (χ4v) is 4.70. The summed E-state index contributed by atoms with van der Waals surface area (Å²) in [5.74, 6) is 0.505. The Kier molecular flexibility index (Phi) is 11.1. The zero-order chi connectivity index (χ0) is 31.5. The summed E-state index contributed by atoms with van der Waals surface area (Å²) < 4.78 is 17.7. The molecule has 4 aromatic rings. The Labute approximate surface area is 254 Å². The number of benzene rings is 3. The lowest BCUT2D eigenvalue weighted by Gasteiger charge is -2.20. The molecule has 0 aliphatic carbocycles. The first kappa shape index (κ1) is 31.8. The predicted molar refractivity (Wildman–Crippen MR) is 163 cm³/mol. The van der Waals surface area contributed by atoms with Crippen LogP contribution in [0.1, 0.15) is 41.3 Å². The Balaban J connectivity index is 1.42. The van der Waals surface area contributed by atoms with Gasteiger partial charge in [0.2, 0.25) is 0 Å². The van der Waals surface area contributed by atoms with Gasteiger partial charge in [-0.25, -0.2) is 14.4 Å². The highest BCUT2D eigenvalue weighted by Gasteiger charge is 2.23. The quantitative estimate of drug-likeness (QED) is 0.106. The highest BCUT2D eigenvalue weighted by Crippen LogP contribution is 2.16. The largest absolute Gasteiger partial charge is 0.539 e. The number of rotatable bonds is 11. The fourth-order valence-electron chi connectivity index (χ4n) is 4.70. The Hall–Kier alpha value is -5.16. The number of H-pyrrole nitrogens is 1. The zero-order valence-corrected chi connectivity index (χ0v) is 24.9. The number of aryl methyl sites for hydroxylation is 2. The van der Waals surface area contributed by atoms with Crippen molar-refractivity contribution in [2.75, 3.05) is 13.2 Å². The number of aromatic amines is 1. The van der Waals surface area contributed by atoms with E-state index in [4.69, 9.17) is 19.0 Å². The Bertz CT molecular complexity index is 1660. The summed E-state index contributed by atoms with van der Waals surface area (Å²) in [4.78, 5) is 58.3. The molecule has 0 spiro atoms. The van der Waals surface area contributed by atoms with Gasteiger partial charge in [-0.05, 0) is 56.5 Å². The van der Waals surface area contributed by atoms with Crippen LogP contribution >= 0.6 is 0 Å². The van der Waals surface area contributed by atoms with Crippen molar-refractivity contribution in [3.8, 4) is 11.5 Å². The van der Waals surface area contributed by atoms with Crippen molar-refractivity contribution >= 4 is 12.2 Å². The molecule has 0 aliphatic rings. The molecule has 0 fully saturated rings. The van der Waals surface area contributed by atoms with E-state index in [2.05, 4.69) is 11.1 Å². The van der Waals surface area contributed by atoms with Gasteiger partial charge in [0, 0.05) is 17.7 Å². The van der Waals surface area contributed by atoms with E-state index in [1.54, 1.807) is 60.7 Å². The average molecular weight is 602 g/mol. The maximum atomic E-state index is 12.8. The van der Waals surface area contributed by atoms with Crippen LogP contribution in [-0.4, -0.2) is 40.0 Å². The number of hydroxylamine groups is 2. The van der Waals surface area contributed by atoms with E-state index < -0.39 is 23.5 Å². The highest BCUT2D eigenvalue weighted by atomic mass is 16.8. The molecule has 11 heteroatoms. The summed E-state index contributed by atoms with van der Waals surface area (Å²) in [5, 5.41) is 0.745. The first-order chi connectivity index (χ1) is 21.2. The summed E-state index contributed by atoms with van der Waals surface area (Å²) in [6.45, 7) is 5.71. The second kappa shape index (κ2) is 15.4. The van der Waals surface area contributed by atoms with Gasteiger partial charge in [-0.3, -0.25) is 19.2 Å². The van der Waals surface area contributed by atoms with Crippen molar-refractivity contribution in [1.82, 2.24) is 14.6 Å². The number of nitrogens with one attached hydrogen (secondary N) is 1. The Morgan fingerprint density at radius 3 is 2.09 bits per heavy atom. The van der Waals surface area contributed by atoms with Crippen LogP contribution in [0.3, 0.4) is 0 Å². The smallest absolute Gasteiger partial charge is 0.408 e. The number of aromatic nitrogens is 2. The molecule has 0 saturated carbocycles. The second-order valence-corrected chi connectivity index (χ2v) is 10.1. The molecular weight excluding hydrogens is 566 g/mol. The predicted octanol–water partition coefficient (Wildman–Crippen LogP) is 5.30. The zero-order valence-electron chi connectivity index (χ0n) is 24.9. The molecule has 0 saturated heterocycles. The summed E-state index contributed by atoms with van der Waals surface area (Å²) in [7, 11) is 0. The van der Waals surface area contributed by atoms with E-state index in [-0.39, 0.29) is 37.8 Å². The van der Waals surface area contributed by atoms with Crippen LogP contribution in [0.25, 0.3) is 0 Å². The van der Waals surface area contributed by atoms with E-state index >= 15 is 0 Å². The van der Waals surface area contributed by atoms with Gasteiger partial charge in [0.05, 0.1) is 13.2 Å². The first-order valence-electron chi connectivity index (χ1n) is 14.2. The maximum absolute atomic E-state index is 12.8. The van der Waals surface area contributed by atoms with Crippen molar-refractivity contribution < 1.29 is 28.6 Å². The van der Waals surface area contributed by atoms with Crippen LogP contribution in [0.15, 0.2) is 88.5 Å². The van der Waals surface area contributed by atoms with Crippen LogP contribution < -0.4 is 20.7 Å². The van der Waals surface area contributed by atoms with Crippen molar-refractivity contribution in [2.45, 2.75) is 46.8 Å². The van der Waals surface area contributed by atoms with Crippen molar-refractivity contribution in [3.05, 3.63) is 128 Å². The number of carbonyl (C=O) groups is 2. The van der Waals surface area contributed by atoms with Gasteiger partial charge in [0.25, 0.3) is 5.56 Å². The molecule has 4 rings (SSSR count). The first-order valence-corrected chi connectivity index (χ1v) is 14.2. The van der Waals surface area contributed by atoms with E-state index in [9.17, 15) is 19.2 Å². The molecule has 0 aliphatic heterocycles. The van der Waals surface area contributed by atoms with Gasteiger partial charge in [-0.2, -0.15) is 0 Å². The van der Waals surface area contributed by atoms with E-state index in [0.717, 1.165) is 21.8 Å². The SMILES string of the molecule is CCc1c(Cc2cc(C)cc(C)c2)n(COCCCN(OC(=O)Oc2ccccc2)C(=O)Oc2ccccc2)c(=O)[nH]c1=O. The molecule has 0 bridgehead atoms. The summed E-state index contributed by atoms with van der Waals surface area (Å²) >= 11 is 0. The number of nitrogens with zero attached hydrogens (tertiary/aromatic N) is 2. The monoisotopic (exact) mass is 601 g/mol. The van der Waals surface area contributed by atoms with Crippen LogP contribution in [0.4, 0.5) is 9.59 Å². The third kappa shape index (κ3) is 8.92. The summed E-state index contributed by atoms with van der Waals surface area (Å²) in [6.07, 6.45) is -1.02. The van der Waals surface area contributed by atoms with E-state index in [1.807, 2.05) is 32.9 Å². The molecule has 1 heterocycles. The molecule has 1 aromatic heterocycles. The minimum absolute atomic E-state index is 0.0855. The number of hydrogen-bond acceptors (Lipinski definition) is 8. The normalized spacial score (nSPS) is 10.7. The van der Waals surface area contributed by atoms with Gasteiger partial charge in [0.1, 0.15) is 18.2 Å². The molecule has 0 atom stereocenters. The second-order valence-electron chi connectivity index (χ2n) is 10.1. The van der Waals surface area contributed by atoms with Gasteiger partial charge >= 0.3 is 17.9 Å². The van der Waals surface area contributed by atoms with Gasteiger partial charge in [-0.15, -0.1) is 5.06 Å². The fraction of sp³-hybridized carbons (Fsp3) is 0.273. The van der Waals surface area contributed by atoms with Crippen LogP contribution in [0.5, 0.6) is 11.5 Å². The molecule has 11 nitrogen and oxygen atoms in total. The van der Waals surface area contributed by atoms with Crippen LogP contribution in [0.2, 0.25) is 0 Å². The summed E-state index contributed by atoms with van der Waals surface area (Å²) in [5.41, 5.74) is 3.23. The Morgan fingerprint density at radius 2 is 1.48 bits per heavy atom. The lowest BCUT2D eigenvalue weighted by Crippen LogP contribution is -2.38. The number of carbonyl (C=O) groups excluding carboxylic acids is 2. The molecule has 0 unspecified atom stereocenters. The minimum atomic E-state index is -1.12. The van der Waals surface area contributed by atoms with Crippen molar-refractivity contribution in [3.63, 3.8) is 0 Å². The van der Waals surface area contributed by atoms with Crippen LogP contribution in [0, 0.1) is 13.8 Å². The van der Waals surface area contributed by atoms with Crippen molar-refractivity contribution in [1.29, 1.82) is 0 Å². The van der Waals surface area contributed by atoms with E-state index in [0.29, 0.717) is 24.1 Å². The van der Waals surface area contributed by atoms with E-state index in [1.165, 1.54) is 4.57 Å². The third-order valence-corrected chi connectivity index (χ3v) is 6.57. The topological polar surface area (TPSA) is 129 Å². The number of ether oxygens (including phenoxy) is 3. The molecule has 230 valence electrons. The Morgan fingerprint density at radius 1 is 0.864 bits per heavy atom. The lowest BCUT2D eigenvalue weighted by atomic mass is 10.0. The number of amides is 1. The van der Waals surface area contributed by atoms with Crippen molar-refractivity contribution in [2.24, 2.45) is 0 Å².